The molecule has 0 aromatic carbocycles. The molecular weight excluding hydrogens is 332 g/mol. The Bertz CT molecular complexity index is 837. The van der Waals surface area contributed by atoms with Crippen molar-refractivity contribution < 1.29 is 14.3 Å². The molecule has 2 aromatic rings. The van der Waals surface area contributed by atoms with E-state index in [1.165, 1.54) is 6.20 Å². The molecule has 7 heteroatoms. The number of methoxy groups -OCH3 is 1. The van der Waals surface area contributed by atoms with Crippen LogP contribution in [0.4, 0.5) is 0 Å². The molecule has 138 valence electrons. The van der Waals surface area contributed by atoms with Gasteiger partial charge in [-0.3, -0.25) is 9.59 Å². The number of aromatic nitrogens is 3. The number of fused-ring (bicyclic) bond motifs is 1. The highest BCUT2D eigenvalue weighted by Crippen LogP contribution is 2.36. The van der Waals surface area contributed by atoms with Gasteiger partial charge in [-0.2, -0.15) is 5.10 Å². The minimum absolute atomic E-state index is 0.102. The van der Waals surface area contributed by atoms with E-state index in [-0.39, 0.29) is 17.1 Å². The number of Topliss-reactive ketones (excluding diaryl/α,β-unsaturated/α-hetero) is 1. The largest absolute Gasteiger partial charge is 0.383 e. The maximum Gasteiger partial charge on any atom is 0.252 e. The molecule has 3 rings (SSSR count). The van der Waals surface area contributed by atoms with Gasteiger partial charge in [0.25, 0.3) is 5.91 Å². The van der Waals surface area contributed by atoms with Crippen LogP contribution in [0.2, 0.25) is 0 Å². The maximum atomic E-state index is 12.5. The van der Waals surface area contributed by atoms with Gasteiger partial charge in [-0.15, -0.1) is 0 Å². The summed E-state index contributed by atoms with van der Waals surface area (Å²) in [4.78, 5) is 28.9. The standard InChI is InChI=1S/C19H24N4O3/c1-12-17-14(9-19(2,3)10-15(17)24)23(22-12)16-6-5-13(11-21-16)18(25)20-7-8-26-4/h5-6,11H,7-10H2,1-4H3,(H,20,25). The Morgan fingerprint density at radius 1 is 1.35 bits per heavy atom. The molecule has 0 bridgehead atoms. The Morgan fingerprint density at radius 3 is 2.77 bits per heavy atom. The molecular formula is C19H24N4O3. The van der Waals surface area contributed by atoms with E-state index in [0.29, 0.717) is 36.5 Å². The SMILES string of the molecule is COCCNC(=O)c1ccc(-n2nc(C)c3c2CC(C)(C)CC3=O)nc1. The normalized spacial score (nSPS) is 15.6. The third-order valence-corrected chi connectivity index (χ3v) is 4.54. The lowest BCUT2D eigenvalue weighted by atomic mass is 9.75. The second-order valence-corrected chi connectivity index (χ2v) is 7.41. The average Bonchev–Trinajstić information content (AvgIpc) is 2.90. The number of ether oxygens (including phenoxy) is 1. The van der Waals surface area contributed by atoms with Crippen molar-refractivity contribution in [1.29, 1.82) is 0 Å². The van der Waals surface area contributed by atoms with Gasteiger partial charge in [0, 0.05) is 26.3 Å². The molecule has 1 amide bonds. The molecule has 2 heterocycles. The first-order valence-electron chi connectivity index (χ1n) is 8.67. The van der Waals surface area contributed by atoms with Crippen molar-refractivity contribution >= 4 is 11.7 Å². The van der Waals surface area contributed by atoms with Crippen molar-refractivity contribution in [2.75, 3.05) is 20.3 Å². The summed E-state index contributed by atoms with van der Waals surface area (Å²) < 4.78 is 6.65. The highest BCUT2D eigenvalue weighted by molar-refractivity contribution is 6.00. The van der Waals surface area contributed by atoms with E-state index >= 15 is 0 Å². The van der Waals surface area contributed by atoms with Crippen molar-refractivity contribution in [2.24, 2.45) is 5.41 Å². The molecule has 0 spiro atoms. The Hall–Kier alpha value is -2.54. The number of nitrogens with zero attached hydrogens (tertiary/aromatic N) is 3. The van der Waals surface area contributed by atoms with Crippen LogP contribution in [0.3, 0.4) is 0 Å². The van der Waals surface area contributed by atoms with Crippen molar-refractivity contribution in [3.05, 3.63) is 40.8 Å². The van der Waals surface area contributed by atoms with Crippen LogP contribution in [-0.4, -0.2) is 46.7 Å². The quantitative estimate of drug-likeness (QED) is 0.829. The van der Waals surface area contributed by atoms with Gasteiger partial charge in [0.2, 0.25) is 0 Å². The first kappa shape index (κ1) is 18.3. The fraction of sp³-hybridized carbons (Fsp3) is 0.474. The lowest BCUT2D eigenvalue weighted by Gasteiger charge is -2.29. The molecule has 0 unspecified atom stereocenters. The molecule has 1 aliphatic carbocycles. The Labute approximate surface area is 152 Å². The summed E-state index contributed by atoms with van der Waals surface area (Å²) in [5, 5.41) is 7.29. The van der Waals surface area contributed by atoms with Crippen LogP contribution in [0.5, 0.6) is 0 Å². The lowest BCUT2D eigenvalue weighted by Crippen LogP contribution is -2.28. The van der Waals surface area contributed by atoms with E-state index in [9.17, 15) is 9.59 Å². The van der Waals surface area contributed by atoms with Crippen LogP contribution in [-0.2, 0) is 11.2 Å². The van der Waals surface area contributed by atoms with Gasteiger partial charge in [0.1, 0.15) is 0 Å². The third-order valence-electron chi connectivity index (χ3n) is 4.54. The summed E-state index contributed by atoms with van der Waals surface area (Å²) in [7, 11) is 1.58. The van der Waals surface area contributed by atoms with E-state index in [1.807, 2.05) is 6.92 Å². The number of amides is 1. The van der Waals surface area contributed by atoms with Crippen LogP contribution >= 0.6 is 0 Å². The van der Waals surface area contributed by atoms with Gasteiger partial charge in [-0.1, -0.05) is 13.8 Å². The van der Waals surface area contributed by atoms with E-state index < -0.39 is 0 Å². The molecule has 0 fully saturated rings. The Morgan fingerprint density at radius 2 is 2.12 bits per heavy atom. The minimum Gasteiger partial charge on any atom is -0.383 e. The van der Waals surface area contributed by atoms with Crippen LogP contribution in [0.15, 0.2) is 18.3 Å². The monoisotopic (exact) mass is 356 g/mol. The number of hydrogen-bond donors (Lipinski definition) is 1. The lowest BCUT2D eigenvalue weighted by molar-refractivity contribution is 0.0908. The molecule has 0 atom stereocenters. The number of rotatable bonds is 5. The maximum absolute atomic E-state index is 12.5. The predicted octanol–water partition coefficient (Wildman–Crippen LogP) is 2.11. The van der Waals surface area contributed by atoms with Crippen molar-refractivity contribution in [3.63, 3.8) is 0 Å². The van der Waals surface area contributed by atoms with Gasteiger partial charge >= 0.3 is 0 Å². The molecule has 1 aliphatic rings. The number of aryl methyl sites for hydroxylation is 1. The van der Waals surface area contributed by atoms with Crippen LogP contribution in [0, 0.1) is 12.3 Å². The van der Waals surface area contributed by atoms with E-state index in [4.69, 9.17) is 4.74 Å². The zero-order valence-electron chi connectivity index (χ0n) is 15.6. The molecule has 2 aromatic heterocycles. The van der Waals surface area contributed by atoms with Crippen molar-refractivity contribution in [3.8, 4) is 5.82 Å². The predicted molar refractivity (Wildman–Crippen MR) is 96.7 cm³/mol. The molecule has 0 aliphatic heterocycles. The van der Waals surface area contributed by atoms with Crippen molar-refractivity contribution in [2.45, 2.75) is 33.6 Å². The number of pyridine rings is 1. The van der Waals surface area contributed by atoms with E-state index in [1.54, 1.807) is 23.9 Å². The molecule has 0 saturated carbocycles. The Kier molecular flexibility index (Phi) is 4.91. The summed E-state index contributed by atoms with van der Waals surface area (Å²) in [6.07, 6.45) is 2.81. The summed E-state index contributed by atoms with van der Waals surface area (Å²) in [5.41, 5.74) is 2.71. The topological polar surface area (TPSA) is 86.1 Å². The smallest absolute Gasteiger partial charge is 0.252 e. The van der Waals surface area contributed by atoms with Gasteiger partial charge in [0.15, 0.2) is 11.6 Å². The summed E-state index contributed by atoms with van der Waals surface area (Å²) in [6.45, 7) is 6.92. The fourth-order valence-electron chi connectivity index (χ4n) is 3.34. The molecule has 7 nitrogen and oxygen atoms in total. The number of ketones is 1. The zero-order valence-corrected chi connectivity index (χ0v) is 15.6. The molecule has 26 heavy (non-hydrogen) atoms. The minimum atomic E-state index is -0.198. The highest BCUT2D eigenvalue weighted by Gasteiger charge is 2.35. The van der Waals surface area contributed by atoms with Gasteiger partial charge < -0.3 is 10.1 Å². The molecule has 1 N–H and O–H groups in total. The first-order chi connectivity index (χ1) is 12.3. The number of hydrogen-bond acceptors (Lipinski definition) is 5. The third kappa shape index (κ3) is 3.53. The second kappa shape index (κ2) is 6.99. The zero-order chi connectivity index (χ0) is 18.9. The van der Waals surface area contributed by atoms with Crippen LogP contribution in [0.25, 0.3) is 5.82 Å². The molecule has 0 saturated heterocycles. The summed E-state index contributed by atoms with van der Waals surface area (Å²) in [5.74, 6) is 0.540. The van der Waals surface area contributed by atoms with Crippen LogP contribution < -0.4 is 5.32 Å². The second-order valence-electron chi connectivity index (χ2n) is 7.41. The van der Waals surface area contributed by atoms with Crippen molar-refractivity contribution in [1.82, 2.24) is 20.1 Å². The number of nitrogens with one attached hydrogen (secondary N) is 1. The van der Waals surface area contributed by atoms with Gasteiger partial charge in [-0.05, 0) is 30.9 Å². The molecule has 0 radical (unpaired) electrons. The van der Waals surface area contributed by atoms with Gasteiger partial charge in [-0.25, -0.2) is 9.67 Å². The van der Waals surface area contributed by atoms with Crippen LogP contribution in [0.1, 0.15) is 52.4 Å². The summed E-state index contributed by atoms with van der Waals surface area (Å²) in [6, 6.07) is 3.47. The van der Waals surface area contributed by atoms with Gasteiger partial charge in [0.05, 0.1) is 29.1 Å². The van der Waals surface area contributed by atoms with E-state index in [2.05, 4.69) is 29.2 Å². The summed E-state index contributed by atoms with van der Waals surface area (Å²) >= 11 is 0. The first-order valence-corrected chi connectivity index (χ1v) is 8.67. The average molecular weight is 356 g/mol. The fourth-order valence-corrected chi connectivity index (χ4v) is 3.34. The van der Waals surface area contributed by atoms with E-state index in [0.717, 1.165) is 17.8 Å². The highest BCUT2D eigenvalue weighted by atomic mass is 16.5. The number of carbonyl (C=O) groups is 2. The Balaban J connectivity index is 1.88. The number of carbonyl (C=O) groups excluding carboxylic acids is 2.